The number of carbonyl (C=O) groups is 3. The molecule has 0 aliphatic heterocycles. The molecule has 0 fully saturated rings. The molecule has 1 heterocycles. The Balaban J connectivity index is 2.05. The molecule has 0 N–H and O–H groups in total. The maximum atomic E-state index is 11.0. The predicted octanol–water partition coefficient (Wildman–Crippen LogP) is 2.99. The van der Waals surface area contributed by atoms with Crippen LogP contribution >= 0.6 is 0 Å². The minimum Gasteiger partial charge on any atom is -0.477 e. The van der Waals surface area contributed by atoms with E-state index in [0.717, 1.165) is 23.1 Å². The van der Waals surface area contributed by atoms with E-state index in [1.54, 1.807) is 18.2 Å². The van der Waals surface area contributed by atoms with E-state index in [1.807, 2.05) is 25.1 Å². The zero-order valence-corrected chi connectivity index (χ0v) is 16.1. The average Bonchev–Trinajstić information content (AvgIpc) is 2.67. The van der Waals surface area contributed by atoms with Crippen LogP contribution in [0.1, 0.15) is 29.9 Å². The highest BCUT2D eigenvalue weighted by molar-refractivity contribution is 5.79. The van der Waals surface area contributed by atoms with E-state index in [2.05, 4.69) is 4.98 Å². The normalized spacial score (nSPS) is 10.4. The van der Waals surface area contributed by atoms with Crippen LogP contribution in [0.2, 0.25) is 0 Å². The lowest BCUT2D eigenvalue weighted by Gasteiger charge is -2.17. The van der Waals surface area contributed by atoms with E-state index in [0.29, 0.717) is 11.4 Å². The highest BCUT2D eigenvalue weighted by Gasteiger charge is 2.15. The Morgan fingerprint density at radius 2 is 1.71 bits per heavy atom. The summed E-state index contributed by atoms with van der Waals surface area (Å²) >= 11 is 0. The molecule has 0 spiro atoms. The number of aryl methyl sites for hydroxylation is 1. The number of pyridine rings is 1. The summed E-state index contributed by atoms with van der Waals surface area (Å²) in [4.78, 5) is 37.4. The van der Waals surface area contributed by atoms with Crippen LogP contribution in [0.15, 0.2) is 36.4 Å². The first-order valence-corrected chi connectivity index (χ1v) is 8.82. The minimum absolute atomic E-state index is 0.0815. The molecule has 1 aromatic heterocycles. The van der Waals surface area contributed by atoms with Crippen molar-refractivity contribution in [2.24, 2.45) is 5.92 Å². The Morgan fingerprint density at radius 1 is 1.04 bits per heavy atom. The van der Waals surface area contributed by atoms with E-state index in [1.165, 1.54) is 13.8 Å². The van der Waals surface area contributed by atoms with Gasteiger partial charge in [0.15, 0.2) is 0 Å². The first-order chi connectivity index (χ1) is 13.4. The van der Waals surface area contributed by atoms with Gasteiger partial charge in [-0.1, -0.05) is 18.2 Å². The van der Waals surface area contributed by atoms with Gasteiger partial charge in [0, 0.05) is 36.7 Å². The molecular formula is C21H23NO6. The van der Waals surface area contributed by atoms with Crippen LogP contribution in [-0.4, -0.2) is 43.0 Å². The summed E-state index contributed by atoms with van der Waals surface area (Å²) in [6.45, 7) is 4.81. The van der Waals surface area contributed by atoms with Gasteiger partial charge in [-0.15, -0.1) is 0 Å². The van der Waals surface area contributed by atoms with Gasteiger partial charge >= 0.3 is 11.9 Å². The Kier molecular flexibility index (Phi) is 7.68. The SMILES string of the molecule is CC(=O)OCC(COC(C)=O)COc1ccc(-c2cccc(C=O)c2)c(C)n1. The quantitative estimate of drug-likeness (QED) is 0.484. The van der Waals surface area contributed by atoms with Gasteiger partial charge in [0.25, 0.3) is 0 Å². The molecule has 0 amide bonds. The summed E-state index contributed by atoms with van der Waals surface area (Å²) in [5, 5.41) is 0. The summed E-state index contributed by atoms with van der Waals surface area (Å²) < 4.78 is 15.7. The third kappa shape index (κ3) is 6.50. The van der Waals surface area contributed by atoms with Gasteiger partial charge in [-0.2, -0.15) is 0 Å². The Bertz CT molecular complexity index is 831. The van der Waals surface area contributed by atoms with E-state index in [9.17, 15) is 14.4 Å². The lowest BCUT2D eigenvalue weighted by Crippen LogP contribution is -2.25. The van der Waals surface area contributed by atoms with Crippen LogP contribution in [0.4, 0.5) is 0 Å². The minimum atomic E-state index is -0.413. The molecule has 2 rings (SSSR count). The zero-order chi connectivity index (χ0) is 20.5. The highest BCUT2D eigenvalue weighted by Crippen LogP contribution is 2.25. The Labute approximate surface area is 163 Å². The van der Waals surface area contributed by atoms with Crippen molar-refractivity contribution in [3.05, 3.63) is 47.7 Å². The molecule has 0 saturated heterocycles. The van der Waals surface area contributed by atoms with Crippen LogP contribution in [0, 0.1) is 12.8 Å². The van der Waals surface area contributed by atoms with Crippen LogP contribution in [0.25, 0.3) is 11.1 Å². The number of hydrogen-bond donors (Lipinski definition) is 0. The molecule has 0 aliphatic carbocycles. The van der Waals surface area contributed by atoms with Crippen LogP contribution in [-0.2, 0) is 19.1 Å². The molecule has 2 aromatic rings. The van der Waals surface area contributed by atoms with E-state index >= 15 is 0 Å². The van der Waals surface area contributed by atoms with Crippen molar-refractivity contribution in [1.29, 1.82) is 0 Å². The van der Waals surface area contributed by atoms with Crippen molar-refractivity contribution in [2.45, 2.75) is 20.8 Å². The molecule has 1 aromatic carbocycles. The number of rotatable bonds is 9. The van der Waals surface area contributed by atoms with Crippen LogP contribution in [0.3, 0.4) is 0 Å². The first kappa shape index (κ1) is 21.1. The topological polar surface area (TPSA) is 91.8 Å². The van der Waals surface area contributed by atoms with Crippen LogP contribution < -0.4 is 4.74 Å². The second kappa shape index (κ2) is 10.2. The lowest BCUT2D eigenvalue weighted by atomic mass is 10.0. The molecule has 7 nitrogen and oxygen atoms in total. The van der Waals surface area contributed by atoms with Gasteiger partial charge < -0.3 is 14.2 Å². The van der Waals surface area contributed by atoms with Crippen molar-refractivity contribution in [1.82, 2.24) is 4.98 Å². The summed E-state index contributed by atoms with van der Waals surface area (Å²) in [6.07, 6.45) is 0.802. The fourth-order valence-corrected chi connectivity index (χ4v) is 2.52. The zero-order valence-electron chi connectivity index (χ0n) is 16.1. The summed E-state index contributed by atoms with van der Waals surface area (Å²) in [5.74, 6) is -0.727. The molecule has 28 heavy (non-hydrogen) atoms. The third-order valence-corrected chi connectivity index (χ3v) is 3.91. The monoisotopic (exact) mass is 385 g/mol. The number of ether oxygens (including phenoxy) is 3. The predicted molar refractivity (Wildman–Crippen MR) is 102 cm³/mol. The van der Waals surface area contributed by atoms with Gasteiger partial charge in [-0.05, 0) is 24.6 Å². The summed E-state index contributed by atoms with van der Waals surface area (Å²) in [6, 6.07) is 10.9. The van der Waals surface area contributed by atoms with Gasteiger partial charge in [0.1, 0.15) is 19.5 Å². The number of aromatic nitrogens is 1. The number of carbonyl (C=O) groups excluding carboxylic acids is 3. The number of esters is 2. The highest BCUT2D eigenvalue weighted by atomic mass is 16.6. The van der Waals surface area contributed by atoms with Crippen molar-refractivity contribution in [2.75, 3.05) is 19.8 Å². The molecule has 0 unspecified atom stereocenters. The average molecular weight is 385 g/mol. The van der Waals surface area contributed by atoms with E-state index in [-0.39, 0.29) is 25.7 Å². The Hall–Kier alpha value is -3.22. The molecular weight excluding hydrogens is 362 g/mol. The second-order valence-electron chi connectivity index (χ2n) is 6.31. The van der Waals surface area contributed by atoms with Gasteiger partial charge in [-0.25, -0.2) is 4.98 Å². The fraction of sp³-hybridized carbons (Fsp3) is 0.333. The molecule has 0 saturated carbocycles. The Morgan fingerprint density at radius 3 is 2.29 bits per heavy atom. The molecule has 0 atom stereocenters. The molecule has 0 aliphatic rings. The largest absolute Gasteiger partial charge is 0.477 e. The van der Waals surface area contributed by atoms with Crippen molar-refractivity contribution in [3.63, 3.8) is 0 Å². The number of nitrogens with zero attached hydrogens (tertiary/aromatic N) is 1. The third-order valence-electron chi connectivity index (χ3n) is 3.91. The maximum Gasteiger partial charge on any atom is 0.302 e. The number of hydrogen-bond acceptors (Lipinski definition) is 7. The lowest BCUT2D eigenvalue weighted by molar-refractivity contribution is -0.146. The standard InChI is InChI=1S/C21H23NO6/c1-14-20(19-6-4-5-17(9-19)10-23)7-8-21(22-14)28-13-18(11-26-15(2)24)12-27-16(3)25/h4-10,18H,11-13H2,1-3H3. The molecule has 0 radical (unpaired) electrons. The second-order valence-corrected chi connectivity index (χ2v) is 6.31. The van der Waals surface area contributed by atoms with E-state index in [4.69, 9.17) is 14.2 Å². The van der Waals surface area contributed by atoms with Gasteiger partial charge in [-0.3, -0.25) is 14.4 Å². The molecule has 148 valence electrons. The van der Waals surface area contributed by atoms with Crippen molar-refractivity contribution in [3.8, 4) is 17.0 Å². The summed E-state index contributed by atoms with van der Waals surface area (Å²) in [7, 11) is 0. The number of benzene rings is 1. The fourth-order valence-electron chi connectivity index (χ4n) is 2.52. The molecule has 0 bridgehead atoms. The number of aldehydes is 1. The van der Waals surface area contributed by atoms with E-state index < -0.39 is 11.9 Å². The maximum absolute atomic E-state index is 11.0. The first-order valence-electron chi connectivity index (χ1n) is 8.82. The van der Waals surface area contributed by atoms with Crippen LogP contribution in [0.5, 0.6) is 5.88 Å². The summed E-state index contributed by atoms with van der Waals surface area (Å²) in [5.41, 5.74) is 3.13. The van der Waals surface area contributed by atoms with Gasteiger partial charge in [0.2, 0.25) is 5.88 Å². The molecule has 7 heteroatoms. The smallest absolute Gasteiger partial charge is 0.302 e. The van der Waals surface area contributed by atoms with Crippen molar-refractivity contribution >= 4 is 18.2 Å². The van der Waals surface area contributed by atoms with Crippen molar-refractivity contribution < 1.29 is 28.6 Å². The van der Waals surface area contributed by atoms with Gasteiger partial charge in [0.05, 0.1) is 12.5 Å².